The summed E-state index contributed by atoms with van der Waals surface area (Å²) in [4.78, 5) is 0. The Labute approximate surface area is 163 Å². The van der Waals surface area contributed by atoms with Crippen molar-refractivity contribution in [1.29, 1.82) is 0 Å². The van der Waals surface area contributed by atoms with Crippen LogP contribution in [-0.2, 0) is 6.54 Å². The number of nitrogens with two attached hydrogens (primary N) is 1. The summed E-state index contributed by atoms with van der Waals surface area (Å²) < 4.78 is 8.60. The molecule has 3 heterocycles. The number of halogens is 1. The van der Waals surface area contributed by atoms with E-state index in [-0.39, 0.29) is 6.04 Å². The maximum atomic E-state index is 6.41. The standard InChI is InChI=1S/C23H19ClN2O/c1-15-19-14-25-21(17-9-5-10-18(24)13-17)20-11-6-12-26(20)23(19)27-22(15)16-7-3-2-4-8-16/h2-13,21,25H,14H2,1H3/p+1. The lowest BCUT2D eigenvalue weighted by atomic mass is 10.0. The molecule has 1 aliphatic heterocycles. The molecule has 0 fully saturated rings. The van der Waals surface area contributed by atoms with Crippen LogP contribution < -0.4 is 5.32 Å². The number of rotatable bonds is 2. The Hall–Kier alpha value is -2.75. The van der Waals surface area contributed by atoms with Crippen molar-refractivity contribution in [2.75, 3.05) is 0 Å². The van der Waals surface area contributed by atoms with Crippen molar-refractivity contribution in [3.63, 3.8) is 0 Å². The average Bonchev–Trinajstić information content (AvgIpc) is 3.24. The van der Waals surface area contributed by atoms with Gasteiger partial charge in [-0.25, -0.2) is 0 Å². The smallest absolute Gasteiger partial charge is 0.213 e. The van der Waals surface area contributed by atoms with Crippen molar-refractivity contribution < 1.29 is 9.73 Å². The van der Waals surface area contributed by atoms with Gasteiger partial charge in [-0.3, -0.25) is 4.57 Å². The van der Waals surface area contributed by atoms with Gasteiger partial charge in [0.1, 0.15) is 12.3 Å². The number of nitrogens with zero attached hydrogens (tertiary/aromatic N) is 1. The van der Waals surface area contributed by atoms with Gasteiger partial charge in [0.2, 0.25) is 5.88 Å². The number of aromatic nitrogens is 1. The molecule has 1 atom stereocenters. The van der Waals surface area contributed by atoms with Crippen LogP contribution in [0.15, 0.2) is 77.3 Å². The second-order valence-corrected chi connectivity index (χ2v) is 7.42. The summed E-state index contributed by atoms with van der Waals surface area (Å²) in [6.07, 6.45) is 2.09. The van der Waals surface area contributed by atoms with E-state index < -0.39 is 0 Å². The Morgan fingerprint density at radius 3 is 2.70 bits per heavy atom. The van der Waals surface area contributed by atoms with Gasteiger partial charge in [0, 0.05) is 27.9 Å². The quantitative estimate of drug-likeness (QED) is 0.533. The van der Waals surface area contributed by atoms with E-state index in [0.717, 1.165) is 28.8 Å². The number of fused-ring (bicyclic) bond motifs is 3. The maximum Gasteiger partial charge on any atom is 0.213 e. The zero-order valence-electron chi connectivity index (χ0n) is 15.0. The van der Waals surface area contributed by atoms with Crippen LogP contribution in [0.1, 0.15) is 28.4 Å². The lowest BCUT2D eigenvalue weighted by Crippen LogP contribution is -2.83. The molecule has 4 heteroatoms. The Balaban J connectivity index is 1.65. The van der Waals surface area contributed by atoms with Crippen molar-refractivity contribution in [3.8, 4) is 17.2 Å². The Kier molecular flexibility index (Phi) is 3.92. The highest BCUT2D eigenvalue weighted by Gasteiger charge is 2.31. The van der Waals surface area contributed by atoms with E-state index in [9.17, 15) is 0 Å². The molecule has 134 valence electrons. The van der Waals surface area contributed by atoms with Gasteiger partial charge >= 0.3 is 0 Å². The van der Waals surface area contributed by atoms with Crippen molar-refractivity contribution in [2.45, 2.75) is 19.5 Å². The van der Waals surface area contributed by atoms with E-state index in [0.29, 0.717) is 0 Å². The molecule has 0 saturated heterocycles. The molecule has 5 rings (SSSR count). The molecule has 2 aromatic heterocycles. The summed E-state index contributed by atoms with van der Waals surface area (Å²) in [6.45, 7) is 3.01. The molecular weight excluding hydrogens is 356 g/mol. The molecule has 0 saturated carbocycles. The fourth-order valence-corrected chi connectivity index (χ4v) is 4.23. The van der Waals surface area contributed by atoms with Gasteiger partial charge in [0.25, 0.3) is 0 Å². The number of hydrogen-bond acceptors (Lipinski definition) is 1. The molecule has 1 aliphatic rings. The monoisotopic (exact) mass is 375 g/mol. The molecule has 0 radical (unpaired) electrons. The molecule has 4 aromatic rings. The van der Waals surface area contributed by atoms with E-state index in [1.54, 1.807) is 0 Å². The maximum absolute atomic E-state index is 6.41. The highest BCUT2D eigenvalue weighted by Crippen LogP contribution is 2.36. The van der Waals surface area contributed by atoms with Crippen molar-refractivity contribution in [2.24, 2.45) is 0 Å². The molecule has 0 amide bonds. The third kappa shape index (κ3) is 2.71. The summed E-state index contributed by atoms with van der Waals surface area (Å²) in [5.41, 5.74) is 5.97. The molecule has 0 bridgehead atoms. The highest BCUT2D eigenvalue weighted by atomic mass is 35.5. The van der Waals surface area contributed by atoms with Gasteiger partial charge in [-0.15, -0.1) is 0 Å². The van der Waals surface area contributed by atoms with Crippen LogP contribution in [0.25, 0.3) is 17.2 Å². The zero-order valence-corrected chi connectivity index (χ0v) is 15.8. The third-order valence-electron chi connectivity index (χ3n) is 5.37. The lowest BCUT2D eigenvalue weighted by molar-refractivity contribution is -0.702. The van der Waals surface area contributed by atoms with Crippen molar-refractivity contribution in [1.82, 2.24) is 4.57 Å². The van der Waals surface area contributed by atoms with Crippen LogP contribution in [0.5, 0.6) is 0 Å². The number of hydrogen-bond donors (Lipinski definition) is 1. The molecule has 3 nitrogen and oxygen atoms in total. The Morgan fingerprint density at radius 2 is 1.89 bits per heavy atom. The van der Waals surface area contributed by atoms with Crippen LogP contribution >= 0.6 is 11.6 Å². The number of benzene rings is 2. The Bertz CT molecular complexity index is 1110. The third-order valence-corrected chi connectivity index (χ3v) is 5.60. The van der Waals surface area contributed by atoms with Crippen molar-refractivity contribution in [3.05, 3.63) is 100 Å². The topological polar surface area (TPSA) is 34.7 Å². The predicted octanol–water partition coefficient (Wildman–Crippen LogP) is 4.87. The van der Waals surface area contributed by atoms with Crippen LogP contribution in [0, 0.1) is 6.92 Å². The first kappa shape index (κ1) is 16.4. The van der Waals surface area contributed by atoms with E-state index >= 15 is 0 Å². The second-order valence-electron chi connectivity index (χ2n) is 6.98. The SMILES string of the molecule is Cc1c(-c2ccccc2)oc2c1C[NH2+]C(c1cccc(Cl)c1)c1cccn1-2. The Morgan fingerprint density at radius 1 is 1.04 bits per heavy atom. The minimum atomic E-state index is 0.181. The first-order valence-electron chi connectivity index (χ1n) is 9.16. The van der Waals surface area contributed by atoms with Gasteiger partial charge in [0.15, 0.2) is 6.04 Å². The first-order valence-corrected chi connectivity index (χ1v) is 9.54. The van der Waals surface area contributed by atoms with E-state index in [1.807, 2.05) is 30.3 Å². The fraction of sp³-hybridized carbons (Fsp3) is 0.130. The predicted molar refractivity (Wildman–Crippen MR) is 107 cm³/mol. The van der Waals surface area contributed by atoms with Gasteiger partial charge in [0.05, 0.1) is 11.3 Å². The van der Waals surface area contributed by atoms with E-state index in [4.69, 9.17) is 16.0 Å². The summed E-state index contributed by atoms with van der Waals surface area (Å²) in [7, 11) is 0. The average molecular weight is 376 g/mol. The molecule has 27 heavy (non-hydrogen) atoms. The molecular formula is C23H20ClN2O+. The number of furan rings is 1. The van der Waals surface area contributed by atoms with Crippen LogP contribution in [0.4, 0.5) is 0 Å². The van der Waals surface area contributed by atoms with E-state index in [2.05, 4.69) is 59.4 Å². The summed E-state index contributed by atoms with van der Waals surface area (Å²) in [5, 5.41) is 3.13. The minimum absolute atomic E-state index is 0.181. The van der Waals surface area contributed by atoms with Gasteiger partial charge in [-0.1, -0.05) is 54.1 Å². The second kappa shape index (κ2) is 6.45. The van der Waals surface area contributed by atoms with Crippen LogP contribution in [0.3, 0.4) is 0 Å². The van der Waals surface area contributed by atoms with Crippen molar-refractivity contribution >= 4 is 11.6 Å². The molecule has 0 spiro atoms. The summed E-state index contributed by atoms with van der Waals surface area (Å²) in [5.74, 6) is 1.88. The summed E-state index contributed by atoms with van der Waals surface area (Å²) in [6, 6.07) is 22.9. The zero-order chi connectivity index (χ0) is 18.4. The fourth-order valence-electron chi connectivity index (χ4n) is 4.03. The largest absolute Gasteiger partial charge is 0.439 e. The summed E-state index contributed by atoms with van der Waals surface area (Å²) >= 11 is 6.25. The van der Waals surface area contributed by atoms with Gasteiger partial charge < -0.3 is 9.73 Å². The normalized spacial score (nSPS) is 15.9. The number of quaternary nitrogens is 1. The molecule has 2 N–H and O–H groups in total. The van der Waals surface area contributed by atoms with Crippen LogP contribution in [-0.4, -0.2) is 4.57 Å². The first-order chi connectivity index (χ1) is 13.2. The molecule has 0 aliphatic carbocycles. The lowest BCUT2D eigenvalue weighted by Gasteiger charge is -2.15. The molecule has 2 aromatic carbocycles. The van der Waals surface area contributed by atoms with Crippen LogP contribution in [0.2, 0.25) is 5.02 Å². The van der Waals surface area contributed by atoms with E-state index in [1.165, 1.54) is 22.4 Å². The minimum Gasteiger partial charge on any atom is -0.439 e. The van der Waals surface area contributed by atoms with Gasteiger partial charge in [-0.2, -0.15) is 0 Å². The highest BCUT2D eigenvalue weighted by molar-refractivity contribution is 6.30. The molecule has 1 unspecified atom stereocenters. The van der Waals surface area contributed by atoms with Gasteiger partial charge in [-0.05, 0) is 31.2 Å².